The van der Waals surface area contributed by atoms with Crippen LogP contribution in [0.3, 0.4) is 0 Å². The zero-order chi connectivity index (χ0) is 16.2. The number of allylic oxidation sites excluding steroid dienone is 1. The highest BCUT2D eigenvalue weighted by Gasteiger charge is 2.17. The van der Waals surface area contributed by atoms with Crippen molar-refractivity contribution in [1.82, 2.24) is 4.57 Å². The van der Waals surface area contributed by atoms with Gasteiger partial charge in [0.15, 0.2) is 0 Å². The van der Waals surface area contributed by atoms with Crippen LogP contribution in [-0.2, 0) is 4.74 Å². The lowest BCUT2D eigenvalue weighted by molar-refractivity contribution is 0.0603. The molecule has 0 unspecified atom stereocenters. The maximum absolute atomic E-state index is 12.5. The van der Waals surface area contributed by atoms with Gasteiger partial charge in [-0.05, 0) is 17.7 Å². The molecule has 4 nitrogen and oxygen atoms in total. The van der Waals surface area contributed by atoms with Crippen molar-refractivity contribution in [2.45, 2.75) is 0 Å². The van der Waals surface area contributed by atoms with Crippen molar-refractivity contribution in [3.05, 3.63) is 78.0 Å². The number of rotatable bonds is 3. The maximum atomic E-state index is 12.5. The molecule has 23 heavy (non-hydrogen) atoms. The third-order valence-corrected chi connectivity index (χ3v) is 3.57. The van der Waals surface area contributed by atoms with Gasteiger partial charge in [-0.1, -0.05) is 48.5 Å². The van der Waals surface area contributed by atoms with Crippen LogP contribution in [0.4, 0.5) is 0 Å². The topological polar surface area (TPSA) is 48.3 Å². The molecule has 1 aromatic heterocycles. The fourth-order valence-electron chi connectivity index (χ4n) is 2.45. The molecular formula is C19H15NO3. The number of benzene rings is 2. The molecule has 0 fully saturated rings. The number of methoxy groups -OCH3 is 1. The van der Waals surface area contributed by atoms with Gasteiger partial charge in [0.2, 0.25) is 0 Å². The summed E-state index contributed by atoms with van der Waals surface area (Å²) in [5, 5.41) is 0.695. The molecule has 0 bridgehead atoms. The van der Waals surface area contributed by atoms with Crippen molar-refractivity contribution < 1.29 is 14.3 Å². The number of nitrogens with zero attached hydrogens (tertiary/aromatic N) is 1. The first-order chi connectivity index (χ1) is 11.2. The van der Waals surface area contributed by atoms with E-state index in [9.17, 15) is 9.59 Å². The fraction of sp³-hybridized carbons (Fsp3) is 0.0526. The first-order valence-corrected chi connectivity index (χ1v) is 7.16. The van der Waals surface area contributed by atoms with Crippen LogP contribution < -0.4 is 0 Å². The molecular weight excluding hydrogens is 290 g/mol. The second-order valence-electron chi connectivity index (χ2n) is 5.00. The molecule has 114 valence electrons. The summed E-state index contributed by atoms with van der Waals surface area (Å²) in [6, 6.07) is 16.8. The molecule has 1 heterocycles. The van der Waals surface area contributed by atoms with Gasteiger partial charge in [-0.3, -0.25) is 9.36 Å². The second kappa shape index (κ2) is 6.32. The third kappa shape index (κ3) is 2.92. The first kappa shape index (κ1) is 14.8. The summed E-state index contributed by atoms with van der Waals surface area (Å²) in [5.41, 5.74) is 1.99. The molecule has 0 aliphatic rings. The Morgan fingerprint density at radius 1 is 1.00 bits per heavy atom. The lowest BCUT2D eigenvalue weighted by atomic mass is 10.2. The van der Waals surface area contributed by atoms with Crippen LogP contribution >= 0.6 is 0 Å². The number of esters is 1. The third-order valence-electron chi connectivity index (χ3n) is 3.57. The van der Waals surface area contributed by atoms with E-state index in [2.05, 4.69) is 0 Å². The Morgan fingerprint density at radius 2 is 1.70 bits per heavy atom. The second-order valence-corrected chi connectivity index (χ2v) is 5.00. The monoisotopic (exact) mass is 305 g/mol. The molecule has 0 amide bonds. The number of hydrogen-bond acceptors (Lipinski definition) is 3. The van der Waals surface area contributed by atoms with Crippen LogP contribution in [0.15, 0.2) is 66.9 Å². The van der Waals surface area contributed by atoms with Gasteiger partial charge in [-0.25, -0.2) is 4.79 Å². The normalized spacial score (nSPS) is 11.0. The maximum Gasteiger partial charge on any atom is 0.340 e. The molecule has 0 aliphatic carbocycles. The van der Waals surface area contributed by atoms with Crippen LogP contribution in [-0.4, -0.2) is 23.6 Å². The van der Waals surface area contributed by atoms with Crippen LogP contribution in [0.5, 0.6) is 0 Å². The molecule has 0 saturated carbocycles. The Morgan fingerprint density at radius 3 is 2.43 bits per heavy atom. The minimum absolute atomic E-state index is 0.222. The molecule has 0 atom stereocenters. The Hall–Kier alpha value is -3.14. The SMILES string of the molecule is COC(=O)c1cn(C(=O)C=Cc2ccccc2)c2ccccc12. The van der Waals surface area contributed by atoms with Gasteiger partial charge in [0.1, 0.15) is 0 Å². The molecule has 0 spiro atoms. The smallest absolute Gasteiger partial charge is 0.340 e. The summed E-state index contributed by atoms with van der Waals surface area (Å²) in [5.74, 6) is -0.681. The van der Waals surface area contributed by atoms with Crippen LogP contribution in [0.2, 0.25) is 0 Å². The summed E-state index contributed by atoms with van der Waals surface area (Å²) >= 11 is 0. The van der Waals surface area contributed by atoms with Crippen LogP contribution in [0, 0.1) is 0 Å². The van der Waals surface area contributed by atoms with E-state index in [-0.39, 0.29) is 5.91 Å². The summed E-state index contributed by atoms with van der Waals surface area (Å²) in [6.07, 6.45) is 4.76. The quantitative estimate of drug-likeness (QED) is 0.546. The van der Waals surface area contributed by atoms with Crippen molar-refractivity contribution in [2.24, 2.45) is 0 Å². The number of carbonyl (C=O) groups excluding carboxylic acids is 2. The highest BCUT2D eigenvalue weighted by Crippen LogP contribution is 2.22. The van der Waals surface area contributed by atoms with Crippen molar-refractivity contribution in [2.75, 3.05) is 7.11 Å². The van der Waals surface area contributed by atoms with Gasteiger partial charge in [0.25, 0.3) is 5.91 Å². The Kier molecular flexibility index (Phi) is 4.06. The van der Waals surface area contributed by atoms with E-state index in [1.165, 1.54) is 23.9 Å². The van der Waals surface area contributed by atoms with Crippen molar-refractivity contribution >= 4 is 28.9 Å². The largest absolute Gasteiger partial charge is 0.465 e. The number of aromatic nitrogens is 1. The Bertz CT molecular complexity index is 891. The van der Waals surface area contributed by atoms with E-state index < -0.39 is 5.97 Å². The molecule has 0 aliphatic heterocycles. The number of carbonyl (C=O) groups is 2. The number of fused-ring (bicyclic) bond motifs is 1. The summed E-state index contributed by atoms with van der Waals surface area (Å²) < 4.78 is 6.24. The van der Waals surface area contributed by atoms with Crippen molar-refractivity contribution in [3.8, 4) is 0 Å². The van der Waals surface area contributed by atoms with Gasteiger partial charge < -0.3 is 4.74 Å². The van der Waals surface area contributed by atoms with E-state index in [0.29, 0.717) is 16.5 Å². The lowest BCUT2D eigenvalue weighted by Crippen LogP contribution is -2.06. The molecule has 3 rings (SSSR count). The average Bonchev–Trinajstić information content (AvgIpc) is 3.00. The van der Waals surface area contributed by atoms with Crippen molar-refractivity contribution in [3.63, 3.8) is 0 Å². The summed E-state index contributed by atoms with van der Waals surface area (Å²) in [7, 11) is 1.32. The average molecular weight is 305 g/mol. The highest BCUT2D eigenvalue weighted by molar-refractivity contribution is 6.09. The number of ether oxygens (including phenoxy) is 1. The van der Waals surface area contributed by atoms with E-state index in [1.54, 1.807) is 18.2 Å². The molecule has 2 aromatic carbocycles. The first-order valence-electron chi connectivity index (χ1n) is 7.16. The van der Waals surface area contributed by atoms with Gasteiger partial charge >= 0.3 is 5.97 Å². The van der Waals surface area contributed by atoms with Crippen LogP contribution in [0.25, 0.3) is 17.0 Å². The summed E-state index contributed by atoms with van der Waals surface area (Å²) in [6.45, 7) is 0. The minimum Gasteiger partial charge on any atom is -0.465 e. The zero-order valence-corrected chi connectivity index (χ0v) is 12.6. The number of hydrogen-bond donors (Lipinski definition) is 0. The van der Waals surface area contributed by atoms with E-state index in [0.717, 1.165) is 5.56 Å². The molecule has 0 saturated heterocycles. The standard InChI is InChI=1S/C19H15NO3/c1-23-19(22)16-13-20(17-10-6-5-9-15(16)17)18(21)12-11-14-7-3-2-4-8-14/h2-13H,1H3. The van der Waals surface area contributed by atoms with Crippen LogP contribution in [0.1, 0.15) is 20.7 Å². The molecule has 0 radical (unpaired) electrons. The predicted octanol–water partition coefficient (Wildman–Crippen LogP) is 3.78. The highest BCUT2D eigenvalue weighted by atomic mass is 16.5. The van der Waals surface area contributed by atoms with Gasteiger partial charge in [0.05, 0.1) is 18.2 Å². The number of para-hydroxylation sites is 1. The van der Waals surface area contributed by atoms with E-state index in [1.807, 2.05) is 42.5 Å². The van der Waals surface area contributed by atoms with E-state index in [4.69, 9.17) is 4.74 Å². The van der Waals surface area contributed by atoms with Crippen molar-refractivity contribution in [1.29, 1.82) is 0 Å². The zero-order valence-electron chi connectivity index (χ0n) is 12.6. The predicted molar refractivity (Wildman–Crippen MR) is 89.4 cm³/mol. The Balaban J connectivity index is 2.01. The lowest BCUT2D eigenvalue weighted by Gasteiger charge is -1.99. The van der Waals surface area contributed by atoms with E-state index >= 15 is 0 Å². The summed E-state index contributed by atoms with van der Waals surface area (Å²) in [4.78, 5) is 24.4. The molecule has 0 N–H and O–H groups in total. The van der Waals surface area contributed by atoms with Gasteiger partial charge in [-0.2, -0.15) is 0 Å². The minimum atomic E-state index is -0.459. The Labute approximate surface area is 133 Å². The fourth-order valence-corrected chi connectivity index (χ4v) is 2.45. The molecule has 4 heteroatoms. The molecule has 3 aromatic rings. The van der Waals surface area contributed by atoms with Gasteiger partial charge in [0, 0.05) is 17.7 Å². The van der Waals surface area contributed by atoms with Gasteiger partial charge in [-0.15, -0.1) is 0 Å².